The average molecular weight is 377 g/mol. The van der Waals surface area contributed by atoms with Crippen LogP contribution < -0.4 is 10.6 Å². The quantitative estimate of drug-likeness (QED) is 0.665. The van der Waals surface area contributed by atoms with E-state index in [2.05, 4.69) is 25.6 Å². The highest BCUT2D eigenvalue weighted by atomic mass is 32.1. The fourth-order valence-corrected chi connectivity index (χ4v) is 3.94. The van der Waals surface area contributed by atoms with Crippen molar-refractivity contribution in [3.8, 4) is 11.3 Å². The topological polar surface area (TPSA) is 79.8 Å². The van der Waals surface area contributed by atoms with Crippen LogP contribution in [0.2, 0.25) is 0 Å². The maximum Gasteiger partial charge on any atom is 0.258 e. The third-order valence-electron chi connectivity index (χ3n) is 4.66. The molecule has 2 N–H and O–H groups in total. The molecule has 1 aliphatic heterocycles. The van der Waals surface area contributed by atoms with Crippen LogP contribution in [0.1, 0.15) is 28.6 Å². The molecule has 6 nitrogen and oxygen atoms in total. The first-order chi connectivity index (χ1) is 12.9. The lowest BCUT2D eigenvalue weighted by molar-refractivity contribution is -0.110. The van der Waals surface area contributed by atoms with Crippen molar-refractivity contribution in [1.29, 1.82) is 0 Å². The number of nitrogens with one attached hydrogen (secondary N) is 2. The molecule has 0 spiro atoms. The molecule has 0 unspecified atom stereocenters. The summed E-state index contributed by atoms with van der Waals surface area (Å²) < 4.78 is 0. The zero-order valence-corrected chi connectivity index (χ0v) is 16.4. The number of hydrogen-bond donors (Lipinski definition) is 2. The lowest BCUT2D eigenvalue weighted by Gasteiger charge is -2.09. The van der Waals surface area contributed by atoms with Crippen molar-refractivity contribution >= 4 is 33.6 Å². The van der Waals surface area contributed by atoms with Gasteiger partial charge in [-0.3, -0.25) is 14.8 Å². The first-order valence-corrected chi connectivity index (χ1v) is 9.40. The molecule has 3 aromatic rings. The molecule has 0 aliphatic carbocycles. The molecule has 0 radical (unpaired) electrons. The molecule has 27 heavy (non-hydrogen) atoms. The summed E-state index contributed by atoms with van der Waals surface area (Å²) in [4.78, 5) is 26.9. The Kier molecular flexibility index (Phi) is 4.24. The Morgan fingerprint density at radius 1 is 1.19 bits per heavy atom. The van der Waals surface area contributed by atoms with Gasteiger partial charge in [-0.15, -0.1) is 11.3 Å². The number of aryl methyl sites for hydroxylation is 3. The van der Waals surface area contributed by atoms with Gasteiger partial charge in [0.2, 0.25) is 0 Å². The highest BCUT2D eigenvalue weighted by molar-refractivity contribution is 7.15. The summed E-state index contributed by atoms with van der Waals surface area (Å²) in [5.74, 6) is -0.137. The fourth-order valence-electron chi connectivity index (χ4n) is 3.07. The summed E-state index contributed by atoms with van der Waals surface area (Å²) in [7, 11) is 0. The standard InChI is InChI=1S/C20H19N5OS/c1-10-5-6-21-8-15(10)16-7-14-17(9-22-16)25-19(26)18(14)12(3)24-20-23-11(2)13(4)27-20/h5-9H,1-4H3,(H,23,24)(H,25,26)/b18-12-. The van der Waals surface area contributed by atoms with E-state index in [1.165, 1.54) is 0 Å². The van der Waals surface area contributed by atoms with Crippen molar-refractivity contribution in [2.24, 2.45) is 0 Å². The predicted molar refractivity (Wildman–Crippen MR) is 109 cm³/mol. The van der Waals surface area contributed by atoms with E-state index in [1.54, 1.807) is 29.9 Å². The summed E-state index contributed by atoms with van der Waals surface area (Å²) in [5, 5.41) is 6.96. The van der Waals surface area contributed by atoms with E-state index >= 15 is 0 Å². The summed E-state index contributed by atoms with van der Waals surface area (Å²) in [6, 6.07) is 3.89. The average Bonchev–Trinajstić information content (AvgIpc) is 3.12. The van der Waals surface area contributed by atoms with Gasteiger partial charge >= 0.3 is 0 Å². The second-order valence-electron chi connectivity index (χ2n) is 6.55. The lowest BCUT2D eigenvalue weighted by Crippen LogP contribution is -2.08. The van der Waals surface area contributed by atoms with Crippen molar-refractivity contribution in [3.05, 3.63) is 58.1 Å². The number of allylic oxidation sites excluding steroid dienone is 1. The van der Waals surface area contributed by atoms with Gasteiger partial charge in [-0.1, -0.05) is 0 Å². The number of aromatic nitrogens is 3. The van der Waals surface area contributed by atoms with E-state index in [9.17, 15) is 4.79 Å². The van der Waals surface area contributed by atoms with Crippen LogP contribution in [0.4, 0.5) is 10.8 Å². The Labute approximate surface area is 161 Å². The van der Waals surface area contributed by atoms with E-state index in [4.69, 9.17) is 0 Å². The van der Waals surface area contributed by atoms with Crippen molar-refractivity contribution in [3.63, 3.8) is 0 Å². The van der Waals surface area contributed by atoms with E-state index in [0.717, 1.165) is 43.8 Å². The third kappa shape index (κ3) is 3.10. The number of thiazole rings is 1. The summed E-state index contributed by atoms with van der Waals surface area (Å²) in [6.45, 7) is 7.93. The highest BCUT2D eigenvalue weighted by Gasteiger charge is 2.28. The van der Waals surface area contributed by atoms with Crippen LogP contribution in [0.15, 0.2) is 36.4 Å². The molecule has 0 bridgehead atoms. The van der Waals surface area contributed by atoms with Crippen LogP contribution in [-0.2, 0) is 4.79 Å². The number of nitrogens with zero attached hydrogens (tertiary/aromatic N) is 3. The van der Waals surface area contributed by atoms with Gasteiger partial charge in [-0.05, 0) is 45.4 Å². The number of carbonyl (C=O) groups excluding carboxylic acids is 1. The first-order valence-electron chi connectivity index (χ1n) is 8.58. The Morgan fingerprint density at radius 2 is 2.00 bits per heavy atom. The van der Waals surface area contributed by atoms with Crippen molar-refractivity contribution in [1.82, 2.24) is 15.0 Å². The highest BCUT2D eigenvalue weighted by Crippen LogP contribution is 2.36. The molecule has 0 fully saturated rings. The molecule has 136 valence electrons. The van der Waals surface area contributed by atoms with Crippen LogP contribution in [0.5, 0.6) is 0 Å². The Balaban J connectivity index is 1.77. The minimum atomic E-state index is -0.137. The fraction of sp³-hybridized carbons (Fsp3) is 0.200. The minimum Gasteiger partial charge on any atom is -0.335 e. The van der Waals surface area contributed by atoms with Crippen molar-refractivity contribution in [2.75, 3.05) is 10.6 Å². The molecule has 1 aliphatic rings. The van der Waals surface area contributed by atoms with Crippen LogP contribution >= 0.6 is 11.3 Å². The summed E-state index contributed by atoms with van der Waals surface area (Å²) >= 11 is 1.58. The number of carbonyl (C=O) groups is 1. The predicted octanol–water partition coefficient (Wildman–Crippen LogP) is 4.32. The van der Waals surface area contributed by atoms with Gasteiger partial charge in [0.05, 0.1) is 28.8 Å². The van der Waals surface area contributed by atoms with Crippen LogP contribution in [0.3, 0.4) is 0 Å². The van der Waals surface area contributed by atoms with E-state index in [1.807, 2.05) is 39.8 Å². The Hall–Kier alpha value is -3.06. The van der Waals surface area contributed by atoms with Crippen LogP contribution in [0, 0.1) is 20.8 Å². The molecule has 4 rings (SSSR count). The minimum absolute atomic E-state index is 0.137. The normalized spacial score (nSPS) is 14.7. The van der Waals surface area contributed by atoms with Gasteiger partial charge < -0.3 is 10.6 Å². The smallest absolute Gasteiger partial charge is 0.258 e. The SMILES string of the molecule is C/C(Nc1nc(C)c(C)s1)=C1/C(=O)Nc2cnc(-c3cnccc3C)cc21. The van der Waals surface area contributed by atoms with Gasteiger partial charge in [0.25, 0.3) is 5.91 Å². The second-order valence-corrected chi connectivity index (χ2v) is 7.75. The second kappa shape index (κ2) is 6.59. The lowest BCUT2D eigenvalue weighted by atomic mass is 10.0. The van der Waals surface area contributed by atoms with Crippen LogP contribution in [-0.4, -0.2) is 20.9 Å². The maximum absolute atomic E-state index is 12.6. The van der Waals surface area contributed by atoms with Gasteiger partial charge in [0.1, 0.15) is 0 Å². The molecule has 0 atom stereocenters. The molecule has 0 saturated carbocycles. The molecule has 0 aromatic carbocycles. The van der Waals surface area contributed by atoms with Crippen LogP contribution in [0.25, 0.3) is 16.8 Å². The van der Waals surface area contributed by atoms with Gasteiger partial charge in [0.15, 0.2) is 5.13 Å². The van der Waals surface area contributed by atoms with Crippen molar-refractivity contribution in [2.45, 2.75) is 27.7 Å². The van der Waals surface area contributed by atoms with E-state index < -0.39 is 0 Å². The zero-order valence-electron chi connectivity index (χ0n) is 15.5. The molecule has 3 aromatic heterocycles. The molecule has 1 amide bonds. The number of hydrogen-bond acceptors (Lipinski definition) is 6. The monoisotopic (exact) mass is 377 g/mol. The largest absolute Gasteiger partial charge is 0.335 e. The summed E-state index contributed by atoms with van der Waals surface area (Å²) in [6.07, 6.45) is 5.26. The molecule has 0 saturated heterocycles. The van der Waals surface area contributed by atoms with E-state index in [-0.39, 0.29) is 5.91 Å². The number of rotatable bonds is 3. The molecule has 7 heteroatoms. The number of anilines is 2. The first kappa shape index (κ1) is 17.4. The summed E-state index contributed by atoms with van der Waals surface area (Å²) in [5.41, 5.74) is 6.76. The number of fused-ring (bicyclic) bond motifs is 1. The van der Waals surface area contributed by atoms with E-state index in [0.29, 0.717) is 11.3 Å². The van der Waals surface area contributed by atoms with Gasteiger partial charge in [-0.25, -0.2) is 4.98 Å². The zero-order chi connectivity index (χ0) is 19.1. The molecular weight excluding hydrogens is 358 g/mol. The third-order valence-corrected chi connectivity index (χ3v) is 5.65. The number of amides is 1. The molecular formula is C20H19N5OS. The molecule has 4 heterocycles. The van der Waals surface area contributed by atoms with Gasteiger partial charge in [0, 0.05) is 34.1 Å². The maximum atomic E-state index is 12.6. The Bertz CT molecular complexity index is 1080. The number of pyridine rings is 2. The van der Waals surface area contributed by atoms with Crippen molar-refractivity contribution < 1.29 is 4.79 Å². The van der Waals surface area contributed by atoms with Gasteiger partial charge in [-0.2, -0.15) is 0 Å². The Morgan fingerprint density at radius 3 is 2.70 bits per heavy atom.